The molecule has 1 aliphatic carbocycles. The summed E-state index contributed by atoms with van der Waals surface area (Å²) in [4.78, 5) is 0. The molecule has 0 bridgehead atoms. The van der Waals surface area contributed by atoms with Crippen LogP contribution in [-0.2, 0) is 19.4 Å². The normalized spacial score (nSPS) is 13.4. The maximum atomic E-state index is 6.01. The van der Waals surface area contributed by atoms with Gasteiger partial charge in [-0.3, -0.25) is 0 Å². The van der Waals surface area contributed by atoms with E-state index in [0.29, 0.717) is 6.61 Å². The summed E-state index contributed by atoms with van der Waals surface area (Å²) in [6.07, 6.45) is 3.77. The van der Waals surface area contributed by atoms with Crippen molar-refractivity contribution in [1.82, 2.24) is 0 Å². The minimum Gasteiger partial charge on any atom is -0.488 e. The number of hydrogen-bond donors (Lipinski definition) is 0. The van der Waals surface area contributed by atoms with Gasteiger partial charge in [0.05, 0.1) is 0 Å². The minimum absolute atomic E-state index is 0.666. The third-order valence-electron chi connectivity index (χ3n) is 3.95. The standard InChI is InChI=1S/C18H20O/c1-13-5-3-6-14(2)18(13)19-12-15-9-10-16-7-4-8-17(16)11-15/h3,5-6,9-11H,4,7-8,12H2,1-2H3. The van der Waals surface area contributed by atoms with Crippen LogP contribution in [0.3, 0.4) is 0 Å². The molecular weight excluding hydrogens is 232 g/mol. The predicted molar refractivity (Wildman–Crippen MR) is 78.7 cm³/mol. The van der Waals surface area contributed by atoms with Gasteiger partial charge in [-0.15, -0.1) is 0 Å². The summed E-state index contributed by atoms with van der Waals surface area (Å²) in [5.41, 5.74) is 6.74. The topological polar surface area (TPSA) is 9.23 Å². The summed E-state index contributed by atoms with van der Waals surface area (Å²) in [5, 5.41) is 0. The number of aryl methyl sites for hydroxylation is 4. The van der Waals surface area contributed by atoms with E-state index >= 15 is 0 Å². The van der Waals surface area contributed by atoms with Crippen molar-refractivity contribution in [2.75, 3.05) is 0 Å². The molecule has 1 aliphatic rings. The lowest BCUT2D eigenvalue weighted by atomic mass is 10.1. The first-order valence-electron chi connectivity index (χ1n) is 7.04. The quantitative estimate of drug-likeness (QED) is 0.788. The highest BCUT2D eigenvalue weighted by molar-refractivity contribution is 5.40. The second-order valence-corrected chi connectivity index (χ2v) is 5.47. The van der Waals surface area contributed by atoms with Gasteiger partial charge in [-0.2, -0.15) is 0 Å². The smallest absolute Gasteiger partial charge is 0.125 e. The van der Waals surface area contributed by atoms with E-state index in [0.717, 1.165) is 5.75 Å². The van der Waals surface area contributed by atoms with E-state index in [-0.39, 0.29) is 0 Å². The summed E-state index contributed by atoms with van der Waals surface area (Å²) in [7, 11) is 0. The van der Waals surface area contributed by atoms with E-state index in [1.807, 2.05) is 0 Å². The van der Waals surface area contributed by atoms with Gasteiger partial charge in [-0.25, -0.2) is 0 Å². The Labute approximate surface area is 115 Å². The van der Waals surface area contributed by atoms with Crippen LogP contribution in [0.1, 0.15) is 34.2 Å². The Morgan fingerprint density at radius 3 is 2.47 bits per heavy atom. The SMILES string of the molecule is Cc1cccc(C)c1OCc1ccc2c(c1)CCC2. The van der Waals surface area contributed by atoms with Crippen molar-refractivity contribution in [2.45, 2.75) is 39.7 Å². The van der Waals surface area contributed by atoms with E-state index in [9.17, 15) is 0 Å². The molecule has 2 aromatic rings. The Morgan fingerprint density at radius 2 is 1.68 bits per heavy atom. The molecule has 0 spiro atoms. The maximum absolute atomic E-state index is 6.01. The second-order valence-electron chi connectivity index (χ2n) is 5.47. The Morgan fingerprint density at radius 1 is 0.947 bits per heavy atom. The van der Waals surface area contributed by atoms with Gasteiger partial charge in [-0.05, 0) is 60.9 Å². The van der Waals surface area contributed by atoms with Gasteiger partial charge in [-0.1, -0.05) is 36.4 Å². The molecule has 0 saturated heterocycles. The van der Waals surface area contributed by atoms with Crippen LogP contribution in [0.25, 0.3) is 0 Å². The Hall–Kier alpha value is -1.76. The van der Waals surface area contributed by atoms with Gasteiger partial charge >= 0.3 is 0 Å². The van der Waals surface area contributed by atoms with Crippen LogP contribution in [-0.4, -0.2) is 0 Å². The average Bonchev–Trinajstić information content (AvgIpc) is 2.85. The Balaban J connectivity index is 1.76. The molecule has 0 radical (unpaired) electrons. The fourth-order valence-corrected chi connectivity index (χ4v) is 2.90. The molecule has 0 saturated carbocycles. The van der Waals surface area contributed by atoms with Crippen LogP contribution in [0.4, 0.5) is 0 Å². The molecule has 98 valence electrons. The van der Waals surface area contributed by atoms with Gasteiger partial charge in [0.25, 0.3) is 0 Å². The lowest BCUT2D eigenvalue weighted by Gasteiger charge is -2.12. The third-order valence-corrected chi connectivity index (χ3v) is 3.95. The van der Waals surface area contributed by atoms with Gasteiger partial charge in [0.1, 0.15) is 12.4 Å². The highest BCUT2D eigenvalue weighted by Crippen LogP contribution is 2.26. The van der Waals surface area contributed by atoms with Crippen molar-refractivity contribution in [3.63, 3.8) is 0 Å². The molecule has 0 N–H and O–H groups in total. The lowest BCUT2D eigenvalue weighted by molar-refractivity contribution is 0.302. The van der Waals surface area contributed by atoms with E-state index in [1.165, 1.54) is 47.1 Å². The molecular formula is C18H20O. The largest absolute Gasteiger partial charge is 0.488 e. The molecule has 0 aliphatic heterocycles. The van der Waals surface area contributed by atoms with Gasteiger partial charge in [0.15, 0.2) is 0 Å². The van der Waals surface area contributed by atoms with Crippen LogP contribution in [0.15, 0.2) is 36.4 Å². The van der Waals surface area contributed by atoms with E-state index in [2.05, 4.69) is 50.2 Å². The molecule has 0 amide bonds. The third kappa shape index (κ3) is 2.51. The fourth-order valence-electron chi connectivity index (χ4n) is 2.90. The lowest BCUT2D eigenvalue weighted by Crippen LogP contribution is -1.99. The number of benzene rings is 2. The van der Waals surface area contributed by atoms with Crippen molar-refractivity contribution in [2.24, 2.45) is 0 Å². The summed E-state index contributed by atoms with van der Waals surface area (Å²) >= 11 is 0. The first-order chi connectivity index (χ1) is 9.24. The fraction of sp³-hybridized carbons (Fsp3) is 0.333. The van der Waals surface area contributed by atoms with Crippen LogP contribution in [0, 0.1) is 13.8 Å². The second kappa shape index (κ2) is 5.08. The molecule has 19 heavy (non-hydrogen) atoms. The van der Waals surface area contributed by atoms with Crippen LogP contribution < -0.4 is 4.74 Å². The monoisotopic (exact) mass is 252 g/mol. The minimum atomic E-state index is 0.666. The molecule has 0 fully saturated rings. The number of hydrogen-bond acceptors (Lipinski definition) is 1. The van der Waals surface area contributed by atoms with Crippen LogP contribution in [0.5, 0.6) is 5.75 Å². The highest BCUT2D eigenvalue weighted by Gasteiger charge is 2.11. The molecule has 0 atom stereocenters. The molecule has 2 aromatic carbocycles. The zero-order chi connectivity index (χ0) is 13.2. The summed E-state index contributed by atoms with van der Waals surface area (Å²) in [6, 6.07) is 13.1. The van der Waals surface area contributed by atoms with Crippen molar-refractivity contribution in [3.05, 3.63) is 64.2 Å². The summed E-state index contributed by atoms with van der Waals surface area (Å²) in [6.45, 7) is 4.87. The van der Waals surface area contributed by atoms with Crippen molar-refractivity contribution in [1.29, 1.82) is 0 Å². The van der Waals surface area contributed by atoms with Gasteiger partial charge < -0.3 is 4.74 Å². The van der Waals surface area contributed by atoms with E-state index < -0.39 is 0 Å². The predicted octanol–water partition coefficient (Wildman–Crippen LogP) is 4.37. The van der Waals surface area contributed by atoms with Crippen LogP contribution in [0.2, 0.25) is 0 Å². The molecule has 0 unspecified atom stereocenters. The average molecular weight is 252 g/mol. The molecule has 1 nitrogen and oxygen atoms in total. The van der Waals surface area contributed by atoms with Crippen molar-refractivity contribution in [3.8, 4) is 5.75 Å². The summed E-state index contributed by atoms with van der Waals surface area (Å²) < 4.78 is 6.01. The molecule has 0 aromatic heterocycles. The highest BCUT2D eigenvalue weighted by atomic mass is 16.5. The van der Waals surface area contributed by atoms with Gasteiger partial charge in [0.2, 0.25) is 0 Å². The number of rotatable bonds is 3. The maximum Gasteiger partial charge on any atom is 0.125 e. The van der Waals surface area contributed by atoms with Crippen LogP contribution >= 0.6 is 0 Å². The Kier molecular flexibility index (Phi) is 3.29. The van der Waals surface area contributed by atoms with Crippen molar-refractivity contribution < 1.29 is 4.74 Å². The summed E-state index contributed by atoms with van der Waals surface area (Å²) in [5.74, 6) is 1.03. The first-order valence-corrected chi connectivity index (χ1v) is 7.04. The number of ether oxygens (including phenoxy) is 1. The first kappa shape index (κ1) is 12.3. The van der Waals surface area contributed by atoms with E-state index in [4.69, 9.17) is 4.74 Å². The number of fused-ring (bicyclic) bond motifs is 1. The zero-order valence-corrected chi connectivity index (χ0v) is 11.7. The Bertz CT molecular complexity index is 578. The van der Waals surface area contributed by atoms with Crippen molar-refractivity contribution >= 4 is 0 Å². The molecule has 0 heterocycles. The van der Waals surface area contributed by atoms with E-state index in [1.54, 1.807) is 0 Å². The number of para-hydroxylation sites is 1. The zero-order valence-electron chi connectivity index (χ0n) is 11.7. The van der Waals surface area contributed by atoms with Gasteiger partial charge in [0, 0.05) is 0 Å². The molecule has 3 rings (SSSR count). The molecule has 1 heteroatoms.